The summed E-state index contributed by atoms with van der Waals surface area (Å²) in [6, 6.07) is 0. The fourth-order valence-corrected chi connectivity index (χ4v) is 3.23. The number of allylic oxidation sites excluding steroid dienone is 8. The average Bonchev–Trinajstić information content (AvgIpc) is 2.46. The summed E-state index contributed by atoms with van der Waals surface area (Å²) in [5.74, 6) is 0.0662. The molecule has 0 amide bonds. The van der Waals surface area contributed by atoms with Gasteiger partial charge >= 0.3 is 5.97 Å². The quantitative estimate of drug-likeness (QED) is 0.412. The van der Waals surface area contributed by atoms with E-state index in [-0.39, 0.29) is 17.3 Å². The highest BCUT2D eigenvalue weighted by atomic mass is 16.5. The number of rotatable bonds is 7. The molecule has 0 N–H and O–H groups in total. The summed E-state index contributed by atoms with van der Waals surface area (Å²) in [5.41, 5.74) is 4.51. The van der Waals surface area contributed by atoms with Gasteiger partial charge in [-0.3, -0.25) is 4.79 Å². The molecule has 0 fully saturated rings. The summed E-state index contributed by atoms with van der Waals surface area (Å²) in [6.07, 6.45) is 14.9. The summed E-state index contributed by atoms with van der Waals surface area (Å²) in [5, 5.41) is 0. The summed E-state index contributed by atoms with van der Waals surface area (Å²) in [4.78, 5) is 11.4. The SMILES string of the molecule is CCOC(=O)C[C@H](C)/C=C/C=C(C)\C=C\C1=C(C)CCCC1(C)C. The maximum absolute atomic E-state index is 11.4. The molecular weight excluding hydrogens is 296 g/mol. The first-order valence-corrected chi connectivity index (χ1v) is 9.15. The third-order valence-corrected chi connectivity index (χ3v) is 4.65. The van der Waals surface area contributed by atoms with Crippen molar-refractivity contribution in [2.45, 2.75) is 67.2 Å². The van der Waals surface area contributed by atoms with Crippen LogP contribution >= 0.6 is 0 Å². The molecule has 1 aliphatic carbocycles. The maximum atomic E-state index is 11.4. The van der Waals surface area contributed by atoms with Gasteiger partial charge in [0.15, 0.2) is 0 Å². The Hall–Kier alpha value is -1.57. The van der Waals surface area contributed by atoms with Gasteiger partial charge in [0.1, 0.15) is 0 Å². The van der Waals surface area contributed by atoms with Crippen molar-refractivity contribution in [2.24, 2.45) is 11.3 Å². The van der Waals surface area contributed by atoms with Crippen LogP contribution in [-0.2, 0) is 9.53 Å². The Kier molecular flexibility index (Phi) is 8.24. The molecule has 0 unspecified atom stereocenters. The van der Waals surface area contributed by atoms with Crippen molar-refractivity contribution in [2.75, 3.05) is 6.61 Å². The van der Waals surface area contributed by atoms with Crippen molar-refractivity contribution in [1.82, 2.24) is 0 Å². The Morgan fingerprint density at radius 3 is 2.71 bits per heavy atom. The molecule has 1 aliphatic rings. The summed E-state index contributed by atoms with van der Waals surface area (Å²) in [7, 11) is 0. The molecule has 0 saturated heterocycles. The van der Waals surface area contributed by atoms with Crippen LogP contribution in [0.5, 0.6) is 0 Å². The van der Waals surface area contributed by atoms with Gasteiger partial charge in [-0.2, -0.15) is 0 Å². The third-order valence-electron chi connectivity index (χ3n) is 4.65. The van der Waals surface area contributed by atoms with Gasteiger partial charge in [0.2, 0.25) is 0 Å². The molecule has 2 heteroatoms. The second-order valence-corrected chi connectivity index (χ2v) is 7.55. The molecular formula is C22H34O2. The fourth-order valence-electron chi connectivity index (χ4n) is 3.23. The highest BCUT2D eigenvalue weighted by Gasteiger charge is 2.26. The average molecular weight is 331 g/mol. The number of carbonyl (C=O) groups is 1. The molecule has 24 heavy (non-hydrogen) atoms. The lowest BCUT2D eigenvalue weighted by Crippen LogP contribution is -2.19. The minimum Gasteiger partial charge on any atom is -0.466 e. The van der Waals surface area contributed by atoms with Crippen LogP contribution in [-0.4, -0.2) is 12.6 Å². The predicted octanol–water partition coefficient (Wildman–Crippen LogP) is 6.16. The van der Waals surface area contributed by atoms with E-state index in [1.54, 1.807) is 0 Å². The van der Waals surface area contributed by atoms with E-state index in [1.807, 2.05) is 19.9 Å². The van der Waals surface area contributed by atoms with E-state index in [1.165, 1.54) is 36.0 Å². The maximum Gasteiger partial charge on any atom is 0.306 e. The molecule has 1 rings (SSSR count). The Morgan fingerprint density at radius 2 is 2.08 bits per heavy atom. The molecule has 1 atom stereocenters. The molecule has 0 bridgehead atoms. The predicted molar refractivity (Wildman–Crippen MR) is 103 cm³/mol. The zero-order chi connectivity index (χ0) is 18.2. The van der Waals surface area contributed by atoms with Crippen LogP contribution in [0.15, 0.2) is 47.1 Å². The second kappa shape index (κ2) is 9.66. The molecule has 0 spiro atoms. The highest BCUT2D eigenvalue weighted by Crippen LogP contribution is 2.40. The number of esters is 1. The lowest BCUT2D eigenvalue weighted by Gasteiger charge is -2.32. The van der Waals surface area contributed by atoms with E-state index in [0.717, 1.165) is 0 Å². The van der Waals surface area contributed by atoms with Crippen molar-refractivity contribution >= 4 is 5.97 Å². The van der Waals surface area contributed by atoms with Crippen LogP contribution in [0.2, 0.25) is 0 Å². The van der Waals surface area contributed by atoms with Crippen LogP contribution in [0.25, 0.3) is 0 Å². The number of carbonyl (C=O) groups excluding carboxylic acids is 1. The summed E-state index contributed by atoms with van der Waals surface area (Å²) in [6.45, 7) is 13.4. The topological polar surface area (TPSA) is 26.3 Å². The van der Waals surface area contributed by atoms with Gasteiger partial charge in [0.05, 0.1) is 13.0 Å². The zero-order valence-electron chi connectivity index (χ0n) is 16.3. The standard InChI is InChI=1S/C22H34O2/c1-7-24-21(23)16-18(3)11-8-10-17(2)13-14-20-19(4)12-9-15-22(20,5)6/h8,10-11,13-14,18H,7,9,12,15-16H2,1-6H3/b11-8+,14-13+,17-10-/t18-/m1/s1. The molecule has 0 saturated carbocycles. The van der Waals surface area contributed by atoms with Gasteiger partial charge in [0.25, 0.3) is 0 Å². The van der Waals surface area contributed by atoms with Gasteiger partial charge in [-0.1, -0.05) is 62.3 Å². The van der Waals surface area contributed by atoms with E-state index >= 15 is 0 Å². The first-order valence-electron chi connectivity index (χ1n) is 9.15. The summed E-state index contributed by atoms with van der Waals surface area (Å²) < 4.78 is 4.97. The molecule has 0 aromatic rings. The van der Waals surface area contributed by atoms with Gasteiger partial charge in [-0.05, 0) is 56.9 Å². The Balaban J connectivity index is 2.63. The summed E-state index contributed by atoms with van der Waals surface area (Å²) >= 11 is 0. The molecule has 0 radical (unpaired) electrons. The molecule has 0 aromatic carbocycles. The Labute approximate surface area is 148 Å². The highest BCUT2D eigenvalue weighted by molar-refractivity contribution is 5.69. The van der Waals surface area contributed by atoms with E-state index in [9.17, 15) is 4.79 Å². The number of ether oxygens (including phenoxy) is 1. The molecule has 0 heterocycles. The van der Waals surface area contributed by atoms with E-state index in [4.69, 9.17) is 4.74 Å². The van der Waals surface area contributed by atoms with Crippen molar-refractivity contribution in [3.8, 4) is 0 Å². The van der Waals surface area contributed by atoms with Gasteiger partial charge in [-0.25, -0.2) is 0 Å². The van der Waals surface area contributed by atoms with Crippen molar-refractivity contribution < 1.29 is 9.53 Å². The van der Waals surface area contributed by atoms with Crippen LogP contribution in [0.3, 0.4) is 0 Å². The van der Waals surface area contributed by atoms with Crippen LogP contribution in [0, 0.1) is 11.3 Å². The minimum absolute atomic E-state index is 0.128. The monoisotopic (exact) mass is 330 g/mol. The molecule has 2 nitrogen and oxygen atoms in total. The lowest BCUT2D eigenvalue weighted by atomic mass is 9.72. The number of hydrogen-bond acceptors (Lipinski definition) is 2. The smallest absolute Gasteiger partial charge is 0.306 e. The van der Waals surface area contributed by atoms with E-state index < -0.39 is 0 Å². The zero-order valence-corrected chi connectivity index (χ0v) is 16.3. The Bertz CT molecular complexity index is 544. The molecule has 0 aliphatic heterocycles. The lowest BCUT2D eigenvalue weighted by molar-refractivity contribution is -0.143. The second-order valence-electron chi connectivity index (χ2n) is 7.55. The largest absolute Gasteiger partial charge is 0.466 e. The van der Waals surface area contributed by atoms with E-state index in [2.05, 4.69) is 52.0 Å². The van der Waals surface area contributed by atoms with Gasteiger partial charge in [-0.15, -0.1) is 0 Å². The van der Waals surface area contributed by atoms with Gasteiger partial charge in [0, 0.05) is 0 Å². The van der Waals surface area contributed by atoms with Crippen LogP contribution in [0.1, 0.15) is 67.2 Å². The third kappa shape index (κ3) is 6.90. The van der Waals surface area contributed by atoms with Crippen LogP contribution in [0.4, 0.5) is 0 Å². The van der Waals surface area contributed by atoms with Crippen molar-refractivity contribution in [1.29, 1.82) is 0 Å². The fraction of sp³-hybridized carbons (Fsp3) is 0.591. The normalized spacial score (nSPS) is 20.0. The molecule has 0 aromatic heterocycles. The Morgan fingerprint density at radius 1 is 1.38 bits per heavy atom. The number of hydrogen-bond donors (Lipinski definition) is 0. The first-order chi connectivity index (χ1) is 11.3. The minimum atomic E-state index is -0.128. The van der Waals surface area contributed by atoms with E-state index in [0.29, 0.717) is 13.0 Å². The van der Waals surface area contributed by atoms with Crippen molar-refractivity contribution in [3.05, 3.63) is 47.1 Å². The van der Waals surface area contributed by atoms with Gasteiger partial charge < -0.3 is 4.74 Å². The van der Waals surface area contributed by atoms with Crippen molar-refractivity contribution in [3.63, 3.8) is 0 Å². The molecule has 134 valence electrons. The first kappa shape index (κ1) is 20.5. The van der Waals surface area contributed by atoms with Crippen LogP contribution < -0.4 is 0 Å².